The van der Waals surface area contributed by atoms with Crippen molar-refractivity contribution in [1.29, 1.82) is 0 Å². The molecule has 0 saturated heterocycles. The van der Waals surface area contributed by atoms with Crippen LogP contribution in [-0.4, -0.2) is 103 Å². The zero-order chi connectivity index (χ0) is 21.4. The van der Waals surface area contributed by atoms with E-state index in [-0.39, 0.29) is 6.29 Å². The minimum atomic E-state index is -4.98. The van der Waals surface area contributed by atoms with Gasteiger partial charge >= 0.3 is 15.6 Å². The number of hydrogen-bond donors (Lipinski definition) is 8. The number of carbonyl (C=O) groups excluding carboxylic acids is 2. The summed E-state index contributed by atoms with van der Waals surface area (Å²) in [7, 11) is -9.95. The van der Waals surface area contributed by atoms with E-state index < -0.39 is 71.8 Å². The van der Waals surface area contributed by atoms with E-state index in [0.29, 0.717) is 0 Å². The average molecular weight is 442 g/mol. The summed E-state index contributed by atoms with van der Waals surface area (Å²) in [4.78, 5) is 47.9. The molecule has 0 heterocycles. The Bertz CT molecular complexity index is 575. The molecule has 0 aliphatic carbocycles. The molecule has 15 nitrogen and oxygen atoms in total. The van der Waals surface area contributed by atoms with Crippen molar-refractivity contribution in [3.05, 3.63) is 0 Å². The summed E-state index contributed by atoms with van der Waals surface area (Å²) in [5, 5.41) is 46.4. The van der Waals surface area contributed by atoms with Gasteiger partial charge in [0.25, 0.3) is 0 Å². The van der Waals surface area contributed by atoms with E-state index in [4.69, 9.17) is 20.0 Å². The monoisotopic (exact) mass is 442 g/mol. The molecule has 0 rings (SSSR count). The van der Waals surface area contributed by atoms with E-state index in [2.05, 4.69) is 13.6 Å². The molecule has 0 amide bonds. The molecule has 8 N–H and O–H groups in total. The molecule has 17 heteroatoms. The van der Waals surface area contributed by atoms with Crippen LogP contribution in [0.1, 0.15) is 0 Å². The van der Waals surface area contributed by atoms with Gasteiger partial charge < -0.3 is 45.0 Å². The second-order valence-electron chi connectivity index (χ2n) is 4.99. The van der Waals surface area contributed by atoms with Crippen LogP contribution in [0.2, 0.25) is 0 Å². The van der Waals surface area contributed by atoms with Gasteiger partial charge in [-0.3, -0.25) is 18.4 Å². The first-order valence-electron chi connectivity index (χ1n) is 6.90. The fourth-order valence-corrected chi connectivity index (χ4v) is 2.35. The maximum atomic E-state index is 11.6. The number of rotatable bonds is 14. The lowest BCUT2D eigenvalue weighted by Gasteiger charge is -2.22. The Hall–Kier alpha value is -0.640. The topological polar surface area (TPSA) is 258 Å². The molecular weight excluding hydrogens is 422 g/mol. The third-order valence-electron chi connectivity index (χ3n) is 2.77. The van der Waals surface area contributed by atoms with Gasteiger partial charge in [0, 0.05) is 0 Å². The van der Waals surface area contributed by atoms with Crippen molar-refractivity contribution in [2.75, 3.05) is 19.8 Å². The van der Waals surface area contributed by atoms with Crippen molar-refractivity contribution in [2.24, 2.45) is 0 Å². The van der Waals surface area contributed by atoms with E-state index >= 15 is 0 Å². The number of hydrogen-bond acceptors (Lipinski definition) is 12. The normalized spacial score (nSPS) is 20.1. The highest BCUT2D eigenvalue weighted by molar-refractivity contribution is 7.47. The van der Waals surface area contributed by atoms with Gasteiger partial charge in [0.05, 0.1) is 13.2 Å². The highest BCUT2D eigenvalue weighted by atomic mass is 31.2. The van der Waals surface area contributed by atoms with Crippen molar-refractivity contribution in [3.8, 4) is 0 Å². The smallest absolute Gasteiger partial charge is 0.388 e. The second kappa shape index (κ2) is 11.4. The first-order valence-corrected chi connectivity index (χ1v) is 9.93. The van der Waals surface area contributed by atoms with Gasteiger partial charge in [0.2, 0.25) is 0 Å². The molecule has 160 valence electrons. The van der Waals surface area contributed by atoms with Gasteiger partial charge in [0.1, 0.15) is 37.1 Å². The van der Waals surface area contributed by atoms with Gasteiger partial charge in [-0.1, -0.05) is 0 Å². The second-order valence-corrected chi connectivity index (χ2v) is 7.68. The van der Waals surface area contributed by atoms with Crippen LogP contribution in [0.3, 0.4) is 0 Å². The molecule has 0 aromatic carbocycles. The minimum absolute atomic E-state index is 0.0695. The van der Waals surface area contributed by atoms with Crippen molar-refractivity contribution < 1.29 is 72.5 Å². The molecule has 6 atom stereocenters. The third-order valence-corrected chi connectivity index (χ3v) is 4.19. The molecule has 0 aliphatic heterocycles. The Morgan fingerprint density at radius 3 is 1.89 bits per heavy atom. The molecule has 0 aromatic heterocycles. The summed E-state index contributed by atoms with van der Waals surface area (Å²) in [5.41, 5.74) is 0. The highest BCUT2D eigenvalue weighted by Gasteiger charge is 2.34. The number of aliphatic hydroxyl groups is 5. The van der Waals surface area contributed by atoms with Crippen LogP contribution in [0.15, 0.2) is 0 Å². The van der Waals surface area contributed by atoms with Crippen molar-refractivity contribution in [1.82, 2.24) is 0 Å². The Balaban J connectivity index is 4.50. The lowest BCUT2D eigenvalue weighted by molar-refractivity contribution is -0.142. The zero-order valence-corrected chi connectivity index (χ0v) is 15.2. The number of carbonyl (C=O) groups is 2. The molecule has 27 heavy (non-hydrogen) atoms. The van der Waals surface area contributed by atoms with Gasteiger partial charge in [-0.05, 0) is 0 Å². The average Bonchev–Trinajstić information content (AvgIpc) is 2.59. The fraction of sp³-hybridized carbons (Fsp3) is 0.800. The van der Waals surface area contributed by atoms with Crippen LogP contribution in [0.25, 0.3) is 0 Å². The molecule has 0 radical (unpaired) electrons. The summed E-state index contributed by atoms with van der Waals surface area (Å²) in [6.07, 6.45) is -10.6. The molecule has 0 aliphatic rings. The first kappa shape index (κ1) is 26.4. The van der Waals surface area contributed by atoms with Gasteiger partial charge in [-0.2, -0.15) is 0 Å². The van der Waals surface area contributed by atoms with Crippen molar-refractivity contribution in [3.63, 3.8) is 0 Å². The molecule has 1 unspecified atom stereocenters. The molecule has 0 aromatic rings. The largest absolute Gasteiger partial charge is 0.472 e. The van der Waals surface area contributed by atoms with Crippen LogP contribution in [0.5, 0.6) is 0 Å². The van der Waals surface area contributed by atoms with Crippen LogP contribution in [-0.2, 0) is 32.3 Å². The van der Waals surface area contributed by atoms with Crippen molar-refractivity contribution in [2.45, 2.75) is 30.5 Å². The van der Waals surface area contributed by atoms with Gasteiger partial charge in [-0.15, -0.1) is 0 Å². The van der Waals surface area contributed by atoms with Gasteiger partial charge in [0.15, 0.2) is 12.1 Å². The molecule has 0 bridgehead atoms. The number of phosphoric acid groups is 2. The van der Waals surface area contributed by atoms with Crippen LogP contribution in [0.4, 0.5) is 0 Å². The molecule has 0 spiro atoms. The lowest BCUT2D eigenvalue weighted by atomic mass is 10.1. The Kier molecular flexibility index (Phi) is 11.1. The molecule has 0 saturated carbocycles. The highest BCUT2D eigenvalue weighted by Crippen LogP contribution is 2.43. The Morgan fingerprint density at radius 2 is 1.41 bits per heavy atom. The Morgan fingerprint density at radius 1 is 0.889 bits per heavy atom. The maximum absolute atomic E-state index is 11.6. The zero-order valence-electron chi connectivity index (χ0n) is 13.4. The number of aldehydes is 1. The van der Waals surface area contributed by atoms with E-state index in [1.807, 2.05) is 0 Å². The van der Waals surface area contributed by atoms with E-state index in [1.165, 1.54) is 0 Å². The first-order chi connectivity index (χ1) is 12.2. The van der Waals surface area contributed by atoms with Crippen LogP contribution >= 0.6 is 15.6 Å². The Labute approximate surface area is 151 Å². The maximum Gasteiger partial charge on any atom is 0.472 e. The van der Waals surface area contributed by atoms with E-state index in [9.17, 15) is 38.9 Å². The predicted molar refractivity (Wildman–Crippen MR) is 80.8 cm³/mol. The quantitative estimate of drug-likeness (QED) is 0.0937. The number of Topliss-reactive ketones (excluding diaryl/α,β-unsaturated/α-hetero) is 1. The standard InChI is InChI=1S/C10H20O15P2/c11-1-5(12)6(13)2-24-27(21,22)25-4-8(15)10(17)9(16)7(14)3-23-26(18,19)20/h1,5-7,9-10,12-14,16-17H,2-4H2,(H,21,22)(H2,18,19,20)/t5-,6+,7+,9+,10+/m0/s1. The van der Waals surface area contributed by atoms with E-state index in [0.717, 1.165) is 0 Å². The molecular formula is C10H20O15P2. The summed E-state index contributed by atoms with van der Waals surface area (Å²) < 4.78 is 34.1. The number of phosphoric ester groups is 2. The van der Waals surface area contributed by atoms with Crippen LogP contribution in [0, 0.1) is 0 Å². The fourth-order valence-electron chi connectivity index (χ4n) is 1.30. The summed E-state index contributed by atoms with van der Waals surface area (Å²) >= 11 is 0. The number of ketones is 1. The van der Waals surface area contributed by atoms with Gasteiger partial charge in [-0.25, -0.2) is 9.13 Å². The van der Waals surface area contributed by atoms with E-state index in [1.54, 1.807) is 0 Å². The summed E-state index contributed by atoms with van der Waals surface area (Å²) in [6.45, 7) is -3.48. The molecule has 0 fully saturated rings. The van der Waals surface area contributed by atoms with Crippen molar-refractivity contribution >= 4 is 27.7 Å². The summed E-state index contributed by atoms with van der Waals surface area (Å²) in [6, 6.07) is 0. The minimum Gasteiger partial charge on any atom is -0.388 e. The third kappa shape index (κ3) is 11.1. The number of aliphatic hydroxyl groups excluding tert-OH is 5. The SMILES string of the molecule is O=C[C@H](O)[C@H](O)COP(=O)(O)OCC(=O)[C@@H](O)[C@H](O)[C@H](O)COP(=O)(O)O. The van der Waals surface area contributed by atoms with Crippen LogP contribution < -0.4 is 0 Å². The summed E-state index contributed by atoms with van der Waals surface area (Å²) in [5.74, 6) is -1.43. The predicted octanol–water partition coefficient (Wildman–Crippen LogP) is -4.20. The lowest BCUT2D eigenvalue weighted by Crippen LogP contribution is -2.45.